The molecule has 0 aliphatic heterocycles. The normalized spacial score (nSPS) is 10.6. The lowest BCUT2D eigenvalue weighted by Crippen LogP contribution is -1.93. The minimum absolute atomic E-state index is 1.15. The maximum atomic E-state index is 4.44. The van der Waals surface area contributed by atoms with Crippen molar-refractivity contribution in [3.8, 4) is 0 Å². The summed E-state index contributed by atoms with van der Waals surface area (Å²) in [5.74, 6) is 0. The van der Waals surface area contributed by atoms with Crippen molar-refractivity contribution in [1.29, 1.82) is 0 Å². The molecule has 0 unspecified atom stereocenters. The molecule has 0 saturated carbocycles. The molecule has 1 nitrogen and oxygen atoms in total. The molecule has 0 atom stereocenters. The third-order valence-corrected chi connectivity index (χ3v) is 2.96. The second-order valence-electron chi connectivity index (χ2n) is 4.57. The van der Waals surface area contributed by atoms with E-state index >= 15 is 0 Å². The van der Waals surface area contributed by atoms with Gasteiger partial charge in [-0.3, -0.25) is 4.98 Å². The molecule has 0 saturated heterocycles. The summed E-state index contributed by atoms with van der Waals surface area (Å²) in [6.07, 6.45) is 12.3. The molecule has 0 bridgehead atoms. The average Bonchev–Trinajstić information content (AvgIpc) is 2.30. The lowest BCUT2D eigenvalue weighted by molar-refractivity contribution is 0.628. The molecule has 90 valence electrons. The Hall–Kier alpha value is -0.850. The number of unbranched alkanes of at least 4 members (excludes halogenated alkanes) is 4. The van der Waals surface area contributed by atoms with Crippen LogP contribution in [-0.2, 0) is 12.8 Å². The summed E-state index contributed by atoms with van der Waals surface area (Å²) in [5.41, 5.74) is 2.73. The molecule has 1 aromatic heterocycles. The topological polar surface area (TPSA) is 12.9 Å². The summed E-state index contributed by atoms with van der Waals surface area (Å²) in [6.45, 7) is 4.49. The fourth-order valence-electron chi connectivity index (χ4n) is 2.02. The van der Waals surface area contributed by atoms with Gasteiger partial charge in [-0.05, 0) is 37.0 Å². The van der Waals surface area contributed by atoms with Gasteiger partial charge in [0.2, 0.25) is 0 Å². The van der Waals surface area contributed by atoms with Crippen LogP contribution in [0.3, 0.4) is 0 Å². The quantitative estimate of drug-likeness (QED) is 0.585. The van der Waals surface area contributed by atoms with E-state index < -0.39 is 0 Å². The predicted octanol–water partition coefficient (Wildman–Crippen LogP) is 4.55. The second-order valence-corrected chi connectivity index (χ2v) is 4.57. The molecule has 0 aromatic carbocycles. The molecule has 0 fully saturated rings. The second kappa shape index (κ2) is 8.32. The van der Waals surface area contributed by atoms with E-state index in [4.69, 9.17) is 0 Å². The van der Waals surface area contributed by atoms with Gasteiger partial charge in [0.1, 0.15) is 0 Å². The Labute approximate surface area is 100 Å². The van der Waals surface area contributed by atoms with Crippen LogP contribution < -0.4 is 0 Å². The van der Waals surface area contributed by atoms with Crippen LogP contribution >= 0.6 is 0 Å². The van der Waals surface area contributed by atoms with Crippen molar-refractivity contribution in [2.75, 3.05) is 0 Å². The monoisotopic (exact) mass is 219 g/mol. The molecule has 0 spiro atoms. The van der Waals surface area contributed by atoms with Gasteiger partial charge in [-0.25, -0.2) is 0 Å². The highest BCUT2D eigenvalue weighted by atomic mass is 14.7. The van der Waals surface area contributed by atoms with Crippen LogP contribution in [0.25, 0.3) is 0 Å². The van der Waals surface area contributed by atoms with Gasteiger partial charge in [0.05, 0.1) is 0 Å². The Balaban J connectivity index is 2.27. The van der Waals surface area contributed by atoms with E-state index in [2.05, 4.69) is 31.0 Å². The van der Waals surface area contributed by atoms with Crippen molar-refractivity contribution in [1.82, 2.24) is 4.98 Å². The summed E-state index contributed by atoms with van der Waals surface area (Å²) in [6, 6.07) is 4.42. The van der Waals surface area contributed by atoms with E-state index in [1.807, 2.05) is 6.20 Å². The van der Waals surface area contributed by atoms with Crippen molar-refractivity contribution >= 4 is 0 Å². The van der Waals surface area contributed by atoms with E-state index in [9.17, 15) is 0 Å². The van der Waals surface area contributed by atoms with Crippen LogP contribution in [0.15, 0.2) is 18.3 Å². The highest BCUT2D eigenvalue weighted by molar-refractivity contribution is 5.16. The maximum Gasteiger partial charge on any atom is 0.0406 e. The van der Waals surface area contributed by atoms with Crippen molar-refractivity contribution in [3.05, 3.63) is 29.6 Å². The number of nitrogens with zero attached hydrogens (tertiary/aromatic N) is 1. The van der Waals surface area contributed by atoms with Gasteiger partial charge >= 0.3 is 0 Å². The summed E-state index contributed by atoms with van der Waals surface area (Å²) in [5, 5.41) is 0. The molecular formula is C15H25N. The molecule has 0 aliphatic carbocycles. The van der Waals surface area contributed by atoms with E-state index in [0.717, 1.165) is 6.42 Å². The van der Waals surface area contributed by atoms with Crippen molar-refractivity contribution < 1.29 is 0 Å². The van der Waals surface area contributed by atoms with Gasteiger partial charge < -0.3 is 0 Å². The van der Waals surface area contributed by atoms with E-state index in [-0.39, 0.29) is 0 Å². The number of hydrogen-bond acceptors (Lipinski definition) is 1. The Kier molecular flexibility index (Phi) is 6.87. The fourth-order valence-corrected chi connectivity index (χ4v) is 2.02. The lowest BCUT2D eigenvalue weighted by atomic mass is 10.1. The smallest absolute Gasteiger partial charge is 0.0406 e. The Morgan fingerprint density at radius 2 is 1.75 bits per heavy atom. The van der Waals surface area contributed by atoms with Gasteiger partial charge in [-0.2, -0.15) is 0 Å². The van der Waals surface area contributed by atoms with Crippen LogP contribution in [0.1, 0.15) is 63.6 Å². The summed E-state index contributed by atoms with van der Waals surface area (Å²) in [7, 11) is 0. The van der Waals surface area contributed by atoms with Gasteiger partial charge in [0, 0.05) is 11.9 Å². The van der Waals surface area contributed by atoms with E-state index in [1.165, 1.54) is 56.2 Å². The molecule has 1 rings (SSSR count). The van der Waals surface area contributed by atoms with E-state index in [0.29, 0.717) is 0 Å². The average molecular weight is 219 g/mol. The number of pyridine rings is 1. The van der Waals surface area contributed by atoms with Crippen molar-refractivity contribution in [2.45, 2.75) is 65.2 Å². The summed E-state index contributed by atoms with van der Waals surface area (Å²) >= 11 is 0. The maximum absolute atomic E-state index is 4.44. The molecule has 1 heterocycles. The molecule has 16 heavy (non-hydrogen) atoms. The lowest BCUT2D eigenvalue weighted by Gasteiger charge is -2.03. The van der Waals surface area contributed by atoms with Crippen LogP contribution in [0.4, 0.5) is 0 Å². The molecule has 1 aromatic rings. The van der Waals surface area contributed by atoms with Crippen LogP contribution in [0.2, 0.25) is 0 Å². The van der Waals surface area contributed by atoms with Crippen LogP contribution in [-0.4, -0.2) is 4.98 Å². The van der Waals surface area contributed by atoms with Gasteiger partial charge in [0.15, 0.2) is 0 Å². The predicted molar refractivity (Wildman–Crippen MR) is 70.7 cm³/mol. The van der Waals surface area contributed by atoms with E-state index in [1.54, 1.807) is 0 Å². The zero-order chi connectivity index (χ0) is 11.6. The number of rotatable bonds is 8. The standard InChI is InChI=1S/C15H25N/c1-3-5-6-7-8-10-15-13-14(9-4-2)11-12-16-15/h11-13H,3-10H2,1-2H3. The zero-order valence-electron chi connectivity index (χ0n) is 10.8. The highest BCUT2D eigenvalue weighted by Crippen LogP contribution is 2.09. The summed E-state index contributed by atoms with van der Waals surface area (Å²) < 4.78 is 0. The first-order valence-electron chi connectivity index (χ1n) is 6.80. The molecule has 0 radical (unpaired) electrons. The molecule has 0 aliphatic rings. The van der Waals surface area contributed by atoms with Crippen molar-refractivity contribution in [3.63, 3.8) is 0 Å². The highest BCUT2D eigenvalue weighted by Gasteiger charge is 1.97. The SMILES string of the molecule is CCCCCCCc1cc(CCC)ccn1. The molecule has 1 heteroatoms. The third-order valence-electron chi connectivity index (χ3n) is 2.96. The molecule has 0 amide bonds. The van der Waals surface area contributed by atoms with Gasteiger partial charge in [0.25, 0.3) is 0 Å². The van der Waals surface area contributed by atoms with Crippen molar-refractivity contribution in [2.24, 2.45) is 0 Å². The summed E-state index contributed by atoms with van der Waals surface area (Å²) in [4.78, 5) is 4.44. The largest absolute Gasteiger partial charge is 0.261 e. The third kappa shape index (κ3) is 5.29. The number of aryl methyl sites for hydroxylation is 2. The first-order valence-corrected chi connectivity index (χ1v) is 6.80. The van der Waals surface area contributed by atoms with Crippen LogP contribution in [0, 0.1) is 0 Å². The Morgan fingerprint density at radius 1 is 0.938 bits per heavy atom. The van der Waals surface area contributed by atoms with Gasteiger partial charge in [-0.15, -0.1) is 0 Å². The Bertz CT molecular complexity index is 281. The Morgan fingerprint density at radius 3 is 2.50 bits per heavy atom. The first-order chi connectivity index (χ1) is 7.86. The number of hydrogen-bond donors (Lipinski definition) is 0. The molecular weight excluding hydrogens is 194 g/mol. The fraction of sp³-hybridized carbons (Fsp3) is 0.667. The minimum Gasteiger partial charge on any atom is -0.261 e. The molecule has 0 N–H and O–H groups in total. The van der Waals surface area contributed by atoms with Crippen LogP contribution in [0.5, 0.6) is 0 Å². The zero-order valence-corrected chi connectivity index (χ0v) is 10.8. The minimum atomic E-state index is 1.15. The van der Waals surface area contributed by atoms with Gasteiger partial charge in [-0.1, -0.05) is 46.0 Å². The first kappa shape index (κ1) is 13.2. The number of aromatic nitrogens is 1.